The average molecular weight is 394 g/mol. The summed E-state index contributed by atoms with van der Waals surface area (Å²) in [5.74, 6) is -1.83. The summed E-state index contributed by atoms with van der Waals surface area (Å²) in [6.07, 6.45) is -1.58. The zero-order valence-electron chi connectivity index (χ0n) is 15.3. The summed E-state index contributed by atoms with van der Waals surface area (Å²) in [6.45, 7) is 3.36. The Morgan fingerprint density at radius 1 is 1.11 bits per heavy atom. The van der Waals surface area contributed by atoms with E-state index in [1.54, 1.807) is 0 Å². The Hall–Kier alpha value is -3.28. The number of nitrogens with one attached hydrogen (secondary N) is 1. The van der Waals surface area contributed by atoms with Gasteiger partial charge in [0, 0.05) is 20.8 Å². The number of carbonyl (C=O) groups is 3. The molecule has 0 unspecified atom stereocenters. The number of hydrogen-bond donors (Lipinski definition) is 1. The minimum Gasteiger partial charge on any atom is -0.463 e. The predicted molar refractivity (Wildman–Crippen MR) is 89.8 cm³/mol. The fourth-order valence-corrected chi connectivity index (χ4v) is 2.97. The third kappa shape index (κ3) is 3.86. The van der Waals surface area contributed by atoms with E-state index >= 15 is 0 Å². The molecule has 1 aliphatic heterocycles. The van der Waals surface area contributed by atoms with Gasteiger partial charge in [0.1, 0.15) is 12.7 Å². The van der Waals surface area contributed by atoms with Gasteiger partial charge in [-0.25, -0.2) is 9.97 Å². The van der Waals surface area contributed by atoms with E-state index in [9.17, 15) is 19.2 Å². The molecule has 12 heteroatoms. The second kappa shape index (κ2) is 7.76. The lowest BCUT2D eigenvalue weighted by Crippen LogP contribution is -2.40. The molecule has 0 spiro atoms. The molecule has 1 aliphatic rings. The Labute approximate surface area is 157 Å². The predicted octanol–water partition coefficient (Wildman–Crippen LogP) is -0.556. The number of nitrogens with zero attached hydrogens (tertiary/aromatic N) is 3. The molecule has 0 radical (unpaired) electrons. The van der Waals surface area contributed by atoms with Crippen LogP contribution in [0.25, 0.3) is 11.2 Å². The van der Waals surface area contributed by atoms with Crippen molar-refractivity contribution < 1.29 is 33.3 Å². The van der Waals surface area contributed by atoms with Crippen LogP contribution in [0.1, 0.15) is 27.0 Å². The summed E-state index contributed by atoms with van der Waals surface area (Å²) in [5, 5.41) is 0. The van der Waals surface area contributed by atoms with Crippen molar-refractivity contribution in [2.75, 3.05) is 6.61 Å². The number of ether oxygens (including phenoxy) is 4. The highest BCUT2D eigenvalue weighted by Gasteiger charge is 2.51. The van der Waals surface area contributed by atoms with Crippen LogP contribution in [0.3, 0.4) is 0 Å². The molecule has 0 amide bonds. The van der Waals surface area contributed by atoms with Crippen LogP contribution in [0.4, 0.5) is 0 Å². The van der Waals surface area contributed by atoms with Crippen LogP contribution in [0.5, 0.6) is 0 Å². The Balaban J connectivity index is 2.02. The van der Waals surface area contributed by atoms with Crippen molar-refractivity contribution in [3.63, 3.8) is 0 Å². The molecule has 1 saturated heterocycles. The van der Waals surface area contributed by atoms with E-state index in [-0.39, 0.29) is 17.8 Å². The van der Waals surface area contributed by atoms with Crippen molar-refractivity contribution in [2.24, 2.45) is 0 Å². The fraction of sp³-hybridized carbons (Fsp3) is 0.500. The number of imidazole rings is 1. The normalized spacial score (nSPS) is 24.1. The van der Waals surface area contributed by atoms with Crippen LogP contribution in [-0.2, 0) is 33.3 Å². The van der Waals surface area contributed by atoms with Gasteiger partial charge in [0.2, 0.25) is 0 Å². The van der Waals surface area contributed by atoms with E-state index in [1.807, 2.05) is 0 Å². The molecular formula is C16H18N4O8. The van der Waals surface area contributed by atoms with Gasteiger partial charge in [0.05, 0.1) is 12.7 Å². The smallest absolute Gasteiger partial charge is 0.303 e. The molecule has 2 aromatic heterocycles. The van der Waals surface area contributed by atoms with E-state index in [4.69, 9.17) is 18.9 Å². The Morgan fingerprint density at radius 2 is 1.79 bits per heavy atom. The van der Waals surface area contributed by atoms with Crippen LogP contribution >= 0.6 is 0 Å². The fourth-order valence-electron chi connectivity index (χ4n) is 2.97. The summed E-state index contributed by atoms with van der Waals surface area (Å²) >= 11 is 0. The van der Waals surface area contributed by atoms with Crippen LogP contribution in [0.15, 0.2) is 17.4 Å². The number of esters is 3. The molecule has 4 atom stereocenters. The molecule has 0 aromatic carbocycles. The molecule has 0 bridgehead atoms. The van der Waals surface area contributed by atoms with Crippen molar-refractivity contribution in [3.8, 4) is 0 Å². The third-order valence-electron chi connectivity index (χ3n) is 3.98. The van der Waals surface area contributed by atoms with Crippen molar-refractivity contribution in [2.45, 2.75) is 45.3 Å². The van der Waals surface area contributed by atoms with Gasteiger partial charge in [-0.3, -0.25) is 23.7 Å². The summed E-state index contributed by atoms with van der Waals surface area (Å²) in [5.41, 5.74) is -0.223. The molecule has 1 fully saturated rings. The lowest BCUT2D eigenvalue weighted by molar-refractivity contribution is -0.166. The first-order valence-corrected chi connectivity index (χ1v) is 8.31. The lowest BCUT2D eigenvalue weighted by Gasteiger charge is -2.23. The standard InChI is InChI=1S/C16H18N4O8/c1-7(21)25-4-10-12(26-8(2)22)13(27-9(3)23)16(28-10)20-6-19-11-14(20)17-5-18-15(11)24/h5-6,10,12-13,16H,4H2,1-3H3,(H,17,18,24)/t10-,12+,13+,16-/m1/s1. The number of H-pyrrole nitrogens is 1. The van der Waals surface area contributed by atoms with Gasteiger partial charge in [-0.1, -0.05) is 0 Å². The zero-order chi connectivity index (χ0) is 20.4. The molecule has 12 nitrogen and oxygen atoms in total. The molecule has 0 aliphatic carbocycles. The van der Waals surface area contributed by atoms with Gasteiger partial charge < -0.3 is 23.9 Å². The van der Waals surface area contributed by atoms with Crippen LogP contribution < -0.4 is 5.56 Å². The topological polar surface area (TPSA) is 152 Å². The van der Waals surface area contributed by atoms with Crippen LogP contribution in [-0.4, -0.2) is 62.3 Å². The van der Waals surface area contributed by atoms with Gasteiger partial charge in [-0.2, -0.15) is 0 Å². The highest BCUT2D eigenvalue weighted by molar-refractivity contribution is 5.70. The maximum Gasteiger partial charge on any atom is 0.303 e. The zero-order valence-corrected chi connectivity index (χ0v) is 15.3. The van der Waals surface area contributed by atoms with Gasteiger partial charge >= 0.3 is 17.9 Å². The highest BCUT2D eigenvalue weighted by Crippen LogP contribution is 2.35. The number of aromatic nitrogens is 4. The molecule has 28 heavy (non-hydrogen) atoms. The molecule has 2 aromatic rings. The van der Waals surface area contributed by atoms with E-state index in [0.717, 1.165) is 0 Å². The molecule has 0 saturated carbocycles. The van der Waals surface area contributed by atoms with E-state index in [0.29, 0.717) is 0 Å². The van der Waals surface area contributed by atoms with Crippen molar-refractivity contribution >= 4 is 29.1 Å². The molecule has 1 N–H and O–H groups in total. The van der Waals surface area contributed by atoms with E-state index in [2.05, 4.69) is 15.0 Å². The van der Waals surface area contributed by atoms with E-state index < -0.39 is 48.0 Å². The summed E-state index contributed by atoms with van der Waals surface area (Å²) < 4.78 is 22.8. The second-order valence-electron chi connectivity index (χ2n) is 6.07. The highest BCUT2D eigenvalue weighted by atomic mass is 16.7. The molecule has 150 valence electrons. The summed E-state index contributed by atoms with van der Waals surface area (Å²) in [6, 6.07) is 0. The van der Waals surface area contributed by atoms with E-state index in [1.165, 1.54) is 38.0 Å². The number of aromatic amines is 1. The average Bonchev–Trinajstić information content (AvgIpc) is 3.16. The van der Waals surface area contributed by atoms with Crippen molar-refractivity contribution in [1.82, 2.24) is 19.5 Å². The SMILES string of the molecule is CC(=O)OC[C@H]1O[C@@H](n2cnc3c(=O)[nH]cnc32)[C@@H](OC(C)=O)[C@H]1OC(C)=O. The molecular weight excluding hydrogens is 376 g/mol. The second-order valence-corrected chi connectivity index (χ2v) is 6.07. The van der Waals surface area contributed by atoms with Crippen LogP contribution in [0, 0.1) is 0 Å². The minimum atomic E-state index is -1.08. The number of carbonyl (C=O) groups excluding carboxylic acids is 3. The molecule has 3 heterocycles. The number of hydrogen-bond acceptors (Lipinski definition) is 10. The maximum atomic E-state index is 11.9. The minimum absolute atomic E-state index is 0.0557. The number of fused-ring (bicyclic) bond motifs is 1. The summed E-state index contributed by atoms with van der Waals surface area (Å²) in [4.78, 5) is 56.8. The first-order chi connectivity index (χ1) is 13.3. The Bertz CT molecular complexity index is 967. The largest absolute Gasteiger partial charge is 0.463 e. The number of rotatable bonds is 5. The quantitative estimate of drug-likeness (QED) is 0.516. The maximum absolute atomic E-state index is 11.9. The van der Waals surface area contributed by atoms with Gasteiger partial charge in [-0.05, 0) is 0 Å². The van der Waals surface area contributed by atoms with Crippen molar-refractivity contribution in [3.05, 3.63) is 23.0 Å². The van der Waals surface area contributed by atoms with Gasteiger partial charge in [-0.15, -0.1) is 0 Å². The molecule has 3 rings (SSSR count). The van der Waals surface area contributed by atoms with Crippen molar-refractivity contribution in [1.29, 1.82) is 0 Å². The van der Waals surface area contributed by atoms with Gasteiger partial charge in [0.25, 0.3) is 5.56 Å². The summed E-state index contributed by atoms with van der Waals surface area (Å²) in [7, 11) is 0. The van der Waals surface area contributed by atoms with Crippen LogP contribution in [0.2, 0.25) is 0 Å². The Kier molecular flexibility index (Phi) is 5.40. The first-order valence-electron chi connectivity index (χ1n) is 8.31. The first kappa shape index (κ1) is 19.5. The van der Waals surface area contributed by atoms with Gasteiger partial charge in [0.15, 0.2) is 29.6 Å². The Morgan fingerprint density at radius 3 is 2.43 bits per heavy atom. The monoisotopic (exact) mass is 394 g/mol. The lowest BCUT2D eigenvalue weighted by atomic mass is 10.1. The third-order valence-corrected chi connectivity index (χ3v) is 3.98.